The van der Waals surface area contributed by atoms with Gasteiger partial charge in [0.2, 0.25) is 0 Å². The normalized spacial score (nSPS) is 14.5. The second-order valence-electron chi connectivity index (χ2n) is 9.44. The molecule has 0 unspecified atom stereocenters. The Morgan fingerprint density at radius 1 is 1.23 bits per heavy atom. The molecule has 1 atom stereocenters. The van der Waals surface area contributed by atoms with Crippen molar-refractivity contribution in [2.45, 2.75) is 52.2 Å². The van der Waals surface area contributed by atoms with E-state index in [9.17, 15) is 13.6 Å². The van der Waals surface area contributed by atoms with Crippen molar-refractivity contribution in [2.75, 3.05) is 13.7 Å². The fraction of sp³-hybridized carbons (Fsp3) is 0.462. The number of ether oxygens (including phenoxy) is 3. The smallest absolute Gasteiger partial charge is 0.387 e. The molecule has 4 rings (SSSR count). The fourth-order valence-corrected chi connectivity index (χ4v) is 4.19. The molecule has 0 aliphatic heterocycles. The summed E-state index contributed by atoms with van der Waals surface area (Å²) in [5, 5.41) is 0. The van der Waals surface area contributed by atoms with Gasteiger partial charge in [-0.15, -0.1) is 0 Å². The number of hydrogen-bond donors (Lipinski definition) is 1. The molecule has 9 heteroatoms. The highest BCUT2D eigenvalue weighted by Gasteiger charge is 2.29. The Balaban J connectivity index is 1.64. The van der Waals surface area contributed by atoms with E-state index in [-0.39, 0.29) is 35.3 Å². The molecule has 0 bridgehead atoms. The number of nitrogens with two attached hydrogens (primary N) is 1. The number of alkyl halides is 2. The van der Waals surface area contributed by atoms with Crippen molar-refractivity contribution in [1.29, 1.82) is 0 Å². The van der Waals surface area contributed by atoms with E-state index in [2.05, 4.69) is 18.8 Å². The molecule has 2 heterocycles. The number of Topliss-reactive ketones (excluding diaryl/α,β-unsaturated/α-hetero) is 1. The molecule has 0 radical (unpaired) electrons. The topological polar surface area (TPSA) is 88.1 Å². The highest BCUT2D eigenvalue weighted by atomic mass is 19.3. The molecule has 2 N–H and O–H groups in total. The van der Waals surface area contributed by atoms with Gasteiger partial charge in [-0.1, -0.05) is 13.8 Å². The van der Waals surface area contributed by atoms with Crippen molar-refractivity contribution in [3.8, 4) is 28.5 Å². The van der Waals surface area contributed by atoms with Crippen molar-refractivity contribution in [2.24, 2.45) is 17.6 Å². The van der Waals surface area contributed by atoms with Crippen LogP contribution in [-0.4, -0.2) is 41.5 Å². The number of aromatic nitrogens is 2. The van der Waals surface area contributed by atoms with E-state index in [0.29, 0.717) is 41.1 Å². The summed E-state index contributed by atoms with van der Waals surface area (Å²) in [5.41, 5.74) is 7.92. The number of carbonyl (C=O) groups excluding carboxylic acids is 1. The van der Waals surface area contributed by atoms with E-state index in [4.69, 9.17) is 19.9 Å². The van der Waals surface area contributed by atoms with E-state index in [1.807, 2.05) is 0 Å². The Labute approximate surface area is 203 Å². The van der Waals surface area contributed by atoms with Gasteiger partial charge in [-0.05, 0) is 49.3 Å². The van der Waals surface area contributed by atoms with Crippen LogP contribution in [0.5, 0.6) is 17.2 Å². The Morgan fingerprint density at radius 2 is 1.97 bits per heavy atom. The molecule has 188 valence electrons. The minimum Gasteiger partial charge on any atom is -0.496 e. The van der Waals surface area contributed by atoms with E-state index in [1.165, 1.54) is 13.2 Å². The lowest BCUT2D eigenvalue weighted by molar-refractivity contribution is -0.0502. The van der Waals surface area contributed by atoms with Crippen molar-refractivity contribution in [3.05, 3.63) is 42.2 Å². The third kappa shape index (κ3) is 6.08. The standard InChI is InChI=1S/C26H31F2N3O4/c1-15(2)8-18(29)14-34-19-6-7-31-20(13-30-24(31)12-19)17-10-22(33-3)25(21(32)9-16-4-5-16)23(11-17)35-26(27)28/h6-7,10-13,15-16,18,26H,4-5,8-9,14,29H2,1-3H3/t18-/m0/s1. The molecular formula is C26H31F2N3O4. The Bertz CT molecular complexity index is 1190. The van der Waals surface area contributed by atoms with Gasteiger partial charge in [0.1, 0.15) is 35.1 Å². The maximum Gasteiger partial charge on any atom is 0.387 e. The number of nitrogens with zero attached hydrogens (tertiary/aromatic N) is 2. The minimum atomic E-state index is -3.08. The van der Waals surface area contributed by atoms with E-state index < -0.39 is 6.61 Å². The zero-order valence-corrected chi connectivity index (χ0v) is 20.2. The quantitative estimate of drug-likeness (QED) is 0.347. The first-order valence-electron chi connectivity index (χ1n) is 11.8. The number of fused-ring (bicyclic) bond motifs is 1. The summed E-state index contributed by atoms with van der Waals surface area (Å²) in [5.74, 6) is 1.14. The lowest BCUT2D eigenvalue weighted by Crippen LogP contribution is -2.29. The Morgan fingerprint density at radius 3 is 2.63 bits per heavy atom. The summed E-state index contributed by atoms with van der Waals surface area (Å²) in [6.45, 7) is 1.54. The van der Waals surface area contributed by atoms with Crippen molar-refractivity contribution >= 4 is 11.4 Å². The van der Waals surface area contributed by atoms with Crippen LogP contribution in [0.25, 0.3) is 16.9 Å². The number of hydrogen-bond acceptors (Lipinski definition) is 6. The lowest BCUT2D eigenvalue weighted by Gasteiger charge is -2.16. The number of ketones is 1. The first kappa shape index (κ1) is 24.9. The second-order valence-corrected chi connectivity index (χ2v) is 9.44. The van der Waals surface area contributed by atoms with Crippen LogP contribution in [0.4, 0.5) is 8.78 Å². The van der Waals surface area contributed by atoms with Crippen LogP contribution >= 0.6 is 0 Å². The first-order chi connectivity index (χ1) is 16.7. The maximum absolute atomic E-state index is 13.2. The molecule has 0 saturated heterocycles. The van der Waals surface area contributed by atoms with Crippen molar-refractivity contribution in [3.63, 3.8) is 0 Å². The summed E-state index contributed by atoms with van der Waals surface area (Å²) in [7, 11) is 1.40. The third-order valence-electron chi connectivity index (χ3n) is 5.97. The minimum absolute atomic E-state index is 0.0469. The van der Waals surface area contributed by atoms with Gasteiger partial charge < -0.3 is 19.9 Å². The van der Waals surface area contributed by atoms with Crippen LogP contribution in [0.3, 0.4) is 0 Å². The molecule has 0 amide bonds. The molecule has 2 aromatic heterocycles. The number of benzene rings is 1. The third-order valence-corrected chi connectivity index (χ3v) is 5.97. The van der Waals surface area contributed by atoms with Crippen LogP contribution in [0.2, 0.25) is 0 Å². The van der Waals surface area contributed by atoms with Crippen LogP contribution in [0.1, 0.15) is 49.9 Å². The Kier molecular flexibility index (Phi) is 7.54. The van der Waals surface area contributed by atoms with Gasteiger partial charge in [0.25, 0.3) is 0 Å². The molecule has 7 nitrogen and oxygen atoms in total. The van der Waals surface area contributed by atoms with Gasteiger partial charge in [0.05, 0.1) is 19.0 Å². The van der Waals surface area contributed by atoms with Crippen LogP contribution < -0.4 is 19.9 Å². The average molecular weight is 488 g/mol. The Hall–Kier alpha value is -3.20. The molecule has 1 aliphatic carbocycles. The van der Waals surface area contributed by atoms with Gasteiger partial charge >= 0.3 is 6.61 Å². The predicted octanol–water partition coefficient (Wildman–Crippen LogP) is 5.35. The maximum atomic E-state index is 13.2. The van der Waals surface area contributed by atoms with Crippen molar-refractivity contribution in [1.82, 2.24) is 9.38 Å². The average Bonchev–Trinajstić information content (AvgIpc) is 3.51. The molecular weight excluding hydrogens is 456 g/mol. The number of halogens is 2. The molecule has 1 saturated carbocycles. The van der Waals surface area contributed by atoms with Crippen LogP contribution in [-0.2, 0) is 0 Å². The second kappa shape index (κ2) is 10.6. The lowest BCUT2D eigenvalue weighted by atomic mass is 10.00. The molecule has 1 aromatic carbocycles. The summed E-state index contributed by atoms with van der Waals surface area (Å²) in [6, 6.07) is 6.60. The number of pyridine rings is 1. The molecule has 1 fully saturated rings. The fourth-order valence-electron chi connectivity index (χ4n) is 4.19. The van der Waals surface area contributed by atoms with E-state index >= 15 is 0 Å². The van der Waals surface area contributed by atoms with Gasteiger partial charge in [-0.2, -0.15) is 8.78 Å². The zero-order chi connectivity index (χ0) is 25.1. The van der Waals surface area contributed by atoms with Gasteiger partial charge in [0.15, 0.2) is 5.78 Å². The van der Waals surface area contributed by atoms with Crippen molar-refractivity contribution < 1.29 is 27.8 Å². The van der Waals surface area contributed by atoms with Gasteiger partial charge in [0, 0.05) is 30.3 Å². The SMILES string of the molecule is COc1cc(-c2cnc3cc(OC[C@@H](N)CC(C)C)ccn23)cc(OC(F)F)c1C(=O)CC1CC1. The summed E-state index contributed by atoms with van der Waals surface area (Å²) < 4.78 is 44.3. The predicted molar refractivity (Wildman–Crippen MR) is 128 cm³/mol. The van der Waals surface area contributed by atoms with E-state index in [1.54, 1.807) is 35.0 Å². The highest BCUT2D eigenvalue weighted by molar-refractivity contribution is 6.02. The monoisotopic (exact) mass is 487 g/mol. The molecule has 3 aromatic rings. The number of methoxy groups -OCH3 is 1. The van der Waals surface area contributed by atoms with Gasteiger partial charge in [-0.3, -0.25) is 9.20 Å². The summed E-state index contributed by atoms with van der Waals surface area (Å²) in [6.07, 6.45) is 6.49. The van der Waals surface area contributed by atoms with Crippen LogP contribution in [0.15, 0.2) is 36.7 Å². The highest BCUT2D eigenvalue weighted by Crippen LogP contribution is 2.40. The van der Waals surface area contributed by atoms with Gasteiger partial charge in [-0.25, -0.2) is 4.98 Å². The van der Waals surface area contributed by atoms with E-state index in [0.717, 1.165) is 19.3 Å². The molecule has 0 spiro atoms. The molecule has 35 heavy (non-hydrogen) atoms. The van der Waals surface area contributed by atoms with Crippen LogP contribution in [0, 0.1) is 11.8 Å². The summed E-state index contributed by atoms with van der Waals surface area (Å²) in [4.78, 5) is 17.3. The number of carbonyl (C=O) groups is 1. The summed E-state index contributed by atoms with van der Waals surface area (Å²) >= 11 is 0. The molecule has 1 aliphatic rings. The number of imidazole rings is 1. The largest absolute Gasteiger partial charge is 0.496 e. The first-order valence-corrected chi connectivity index (χ1v) is 11.8. The zero-order valence-electron chi connectivity index (χ0n) is 20.2. The number of rotatable bonds is 12.